The number of unbranched alkanes of at least 4 members (excludes halogenated alkanes) is 5. The Kier molecular flexibility index (Phi) is 15.2. The van der Waals surface area contributed by atoms with E-state index in [-0.39, 0.29) is 0 Å². The van der Waals surface area contributed by atoms with Crippen molar-refractivity contribution in [2.24, 2.45) is 0 Å². The molecule has 0 aliphatic heterocycles. The van der Waals surface area contributed by atoms with Crippen LogP contribution in [-0.2, 0) is 0 Å². The molecule has 0 unspecified atom stereocenters. The summed E-state index contributed by atoms with van der Waals surface area (Å²) in [6.45, 7) is 10.0. The van der Waals surface area contributed by atoms with Crippen molar-refractivity contribution < 1.29 is 0 Å². The van der Waals surface area contributed by atoms with E-state index in [1.54, 1.807) is 0 Å². The molecular weight excluding hydrogens is 392 g/mol. The van der Waals surface area contributed by atoms with Crippen LogP contribution >= 0.6 is 0 Å². The Balaban J connectivity index is 1.28. The first-order valence-electron chi connectivity index (χ1n) is 12.9. The third-order valence-corrected chi connectivity index (χ3v) is 5.87. The minimum absolute atomic E-state index is 1.04. The van der Waals surface area contributed by atoms with E-state index in [0.29, 0.717) is 0 Å². The normalized spacial score (nSPS) is 10.9. The molecule has 2 aromatic rings. The molecule has 32 heavy (non-hydrogen) atoms. The molecule has 2 rings (SSSR count). The van der Waals surface area contributed by atoms with Crippen LogP contribution in [0.15, 0.2) is 60.7 Å². The maximum atomic E-state index is 3.62. The molecular formula is C28H46N4. The van der Waals surface area contributed by atoms with Crippen molar-refractivity contribution in [3.63, 3.8) is 0 Å². The molecule has 0 aliphatic rings. The molecule has 3 N–H and O–H groups in total. The monoisotopic (exact) mass is 438 g/mol. The average Bonchev–Trinajstić information content (AvgIpc) is 2.84. The quantitative estimate of drug-likeness (QED) is 0.224. The number of anilines is 2. The van der Waals surface area contributed by atoms with Gasteiger partial charge in [-0.1, -0.05) is 62.1 Å². The van der Waals surface area contributed by atoms with Crippen LogP contribution in [0.1, 0.15) is 58.3 Å². The zero-order valence-corrected chi connectivity index (χ0v) is 20.3. The summed E-state index contributed by atoms with van der Waals surface area (Å²) in [5, 5.41) is 10.7. The van der Waals surface area contributed by atoms with E-state index in [4.69, 9.17) is 0 Å². The van der Waals surface area contributed by atoms with Gasteiger partial charge in [-0.05, 0) is 83.1 Å². The highest BCUT2D eigenvalue weighted by atomic mass is 15.1. The van der Waals surface area contributed by atoms with Gasteiger partial charge in [0.2, 0.25) is 0 Å². The fourth-order valence-electron chi connectivity index (χ4n) is 3.96. The van der Waals surface area contributed by atoms with Crippen molar-refractivity contribution in [2.45, 2.75) is 58.3 Å². The highest BCUT2D eigenvalue weighted by Crippen LogP contribution is 2.12. The molecule has 0 atom stereocenters. The first-order valence-corrected chi connectivity index (χ1v) is 12.9. The molecule has 0 aromatic heterocycles. The third kappa shape index (κ3) is 12.7. The smallest absolute Gasteiger partial charge is 0.0366 e. The Morgan fingerprint density at radius 3 is 1.72 bits per heavy atom. The van der Waals surface area contributed by atoms with Crippen LogP contribution in [0.4, 0.5) is 11.4 Å². The summed E-state index contributed by atoms with van der Waals surface area (Å²) in [6.07, 6.45) is 10.5. The van der Waals surface area contributed by atoms with Crippen LogP contribution in [0.25, 0.3) is 0 Å². The SMILES string of the molecule is CCN(CCCNCCCCCCCCNCCCNc1ccccc1)c1ccccc1. The number of hydrogen-bond donors (Lipinski definition) is 3. The number of nitrogens with one attached hydrogen (secondary N) is 3. The Morgan fingerprint density at radius 1 is 0.562 bits per heavy atom. The van der Waals surface area contributed by atoms with Crippen LogP contribution < -0.4 is 20.9 Å². The van der Waals surface area contributed by atoms with E-state index in [0.717, 1.165) is 45.8 Å². The van der Waals surface area contributed by atoms with Crippen LogP contribution in [0.2, 0.25) is 0 Å². The number of benzene rings is 2. The van der Waals surface area contributed by atoms with Gasteiger partial charge in [-0.15, -0.1) is 0 Å². The first kappa shape index (κ1) is 26.2. The van der Waals surface area contributed by atoms with E-state index < -0.39 is 0 Å². The zero-order chi connectivity index (χ0) is 22.5. The molecule has 2 aromatic carbocycles. The van der Waals surface area contributed by atoms with Crippen molar-refractivity contribution in [3.8, 4) is 0 Å². The maximum Gasteiger partial charge on any atom is 0.0366 e. The molecule has 0 heterocycles. The molecule has 4 nitrogen and oxygen atoms in total. The average molecular weight is 439 g/mol. The minimum Gasteiger partial charge on any atom is -0.385 e. The molecule has 0 saturated carbocycles. The molecule has 178 valence electrons. The number of para-hydroxylation sites is 2. The number of nitrogens with zero attached hydrogens (tertiary/aromatic N) is 1. The van der Waals surface area contributed by atoms with Crippen LogP contribution in [0, 0.1) is 0 Å². The standard InChI is InChI=1S/C28H46N4/c1-2-32(28-19-11-8-12-20-28)26-16-24-30-22-14-6-4-3-5-13-21-29-23-15-25-31-27-17-9-7-10-18-27/h7-12,17-20,29-31H,2-6,13-16,21-26H2,1H3. The lowest BCUT2D eigenvalue weighted by Gasteiger charge is -2.23. The fraction of sp³-hybridized carbons (Fsp3) is 0.571. The van der Waals surface area contributed by atoms with Crippen LogP contribution in [0.3, 0.4) is 0 Å². The molecule has 0 radical (unpaired) electrons. The lowest BCUT2D eigenvalue weighted by Crippen LogP contribution is -2.27. The molecule has 0 amide bonds. The van der Waals surface area contributed by atoms with E-state index in [1.165, 1.54) is 62.7 Å². The predicted molar refractivity (Wildman–Crippen MR) is 142 cm³/mol. The van der Waals surface area contributed by atoms with Gasteiger partial charge in [0.15, 0.2) is 0 Å². The van der Waals surface area contributed by atoms with Crippen molar-refractivity contribution in [1.82, 2.24) is 10.6 Å². The fourth-order valence-corrected chi connectivity index (χ4v) is 3.96. The van der Waals surface area contributed by atoms with E-state index in [1.807, 2.05) is 0 Å². The highest BCUT2D eigenvalue weighted by molar-refractivity contribution is 5.45. The third-order valence-electron chi connectivity index (χ3n) is 5.87. The lowest BCUT2D eigenvalue weighted by molar-refractivity contribution is 0.544. The molecule has 0 bridgehead atoms. The van der Waals surface area contributed by atoms with E-state index >= 15 is 0 Å². The number of rotatable bonds is 20. The van der Waals surface area contributed by atoms with Gasteiger partial charge in [-0.2, -0.15) is 0 Å². The second-order valence-electron chi connectivity index (χ2n) is 8.54. The Labute approximate surface area is 197 Å². The Morgan fingerprint density at radius 2 is 1.09 bits per heavy atom. The summed E-state index contributed by atoms with van der Waals surface area (Å²) in [5.74, 6) is 0. The van der Waals surface area contributed by atoms with Gasteiger partial charge >= 0.3 is 0 Å². The Hall–Kier alpha value is -2.04. The molecule has 4 heteroatoms. The summed E-state index contributed by atoms with van der Waals surface area (Å²) in [6, 6.07) is 21.2. The van der Waals surface area contributed by atoms with Crippen molar-refractivity contribution in [1.29, 1.82) is 0 Å². The minimum atomic E-state index is 1.04. The molecule has 0 aliphatic carbocycles. The van der Waals surface area contributed by atoms with Crippen LogP contribution in [-0.4, -0.2) is 45.8 Å². The maximum absolute atomic E-state index is 3.62. The second kappa shape index (κ2) is 18.5. The van der Waals surface area contributed by atoms with Gasteiger partial charge in [0, 0.05) is 31.0 Å². The lowest BCUT2D eigenvalue weighted by atomic mass is 10.1. The van der Waals surface area contributed by atoms with Gasteiger partial charge in [0.1, 0.15) is 0 Å². The zero-order valence-electron chi connectivity index (χ0n) is 20.3. The van der Waals surface area contributed by atoms with Crippen molar-refractivity contribution in [2.75, 3.05) is 56.0 Å². The summed E-state index contributed by atoms with van der Waals surface area (Å²) in [5.41, 5.74) is 2.55. The highest BCUT2D eigenvalue weighted by Gasteiger charge is 2.02. The van der Waals surface area contributed by atoms with Crippen LogP contribution in [0.5, 0.6) is 0 Å². The van der Waals surface area contributed by atoms with Gasteiger partial charge in [-0.3, -0.25) is 0 Å². The second-order valence-corrected chi connectivity index (χ2v) is 8.54. The molecule has 0 spiro atoms. The summed E-state index contributed by atoms with van der Waals surface area (Å²) >= 11 is 0. The predicted octanol–water partition coefficient (Wildman–Crippen LogP) is 5.93. The Bertz CT molecular complexity index is 647. The van der Waals surface area contributed by atoms with Gasteiger partial charge in [-0.25, -0.2) is 0 Å². The van der Waals surface area contributed by atoms with Gasteiger partial charge in [0.25, 0.3) is 0 Å². The van der Waals surface area contributed by atoms with Gasteiger partial charge in [0.05, 0.1) is 0 Å². The summed E-state index contributed by atoms with van der Waals surface area (Å²) in [4.78, 5) is 2.46. The summed E-state index contributed by atoms with van der Waals surface area (Å²) in [7, 11) is 0. The van der Waals surface area contributed by atoms with Crippen molar-refractivity contribution in [3.05, 3.63) is 60.7 Å². The first-order chi connectivity index (χ1) is 15.9. The van der Waals surface area contributed by atoms with E-state index in [2.05, 4.69) is 88.4 Å². The molecule has 0 fully saturated rings. The van der Waals surface area contributed by atoms with Crippen molar-refractivity contribution >= 4 is 11.4 Å². The van der Waals surface area contributed by atoms with E-state index in [9.17, 15) is 0 Å². The molecule has 0 saturated heterocycles. The summed E-state index contributed by atoms with van der Waals surface area (Å²) < 4.78 is 0. The van der Waals surface area contributed by atoms with Gasteiger partial charge < -0.3 is 20.9 Å². The largest absolute Gasteiger partial charge is 0.385 e. The number of hydrogen-bond acceptors (Lipinski definition) is 4. The topological polar surface area (TPSA) is 39.3 Å².